The summed E-state index contributed by atoms with van der Waals surface area (Å²) < 4.78 is 5.30. The summed E-state index contributed by atoms with van der Waals surface area (Å²) >= 11 is 0. The molecule has 3 amide bonds. The smallest absolute Gasteiger partial charge is 0.335 e. The third kappa shape index (κ3) is 5.09. The molecule has 1 unspecified atom stereocenters. The van der Waals surface area contributed by atoms with Gasteiger partial charge in [-0.3, -0.25) is 15.0 Å². The van der Waals surface area contributed by atoms with Gasteiger partial charge in [-0.05, 0) is 73.4 Å². The standard InChI is InChI=1S/C28H35N3O5/c1-19(2)18-28(22-6-4-5-21(17-22)24(32)33,12-11-20-7-9-23(36-3)10-8-20)31-15-13-27(14-16-31)25(34)29-26(35)30-27/h4-10,17,19H,11-16,18H2,1-3H3,(H,32,33)(H2,29,30,34,35). The highest BCUT2D eigenvalue weighted by atomic mass is 16.5. The second-order valence-corrected chi connectivity index (χ2v) is 10.3. The number of carbonyl (C=O) groups is 3. The summed E-state index contributed by atoms with van der Waals surface area (Å²) in [4.78, 5) is 38.7. The molecule has 2 saturated heterocycles. The van der Waals surface area contributed by atoms with Crippen molar-refractivity contribution in [2.24, 2.45) is 5.92 Å². The SMILES string of the molecule is COc1ccc(CCC(CC(C)C)(c2cccc(C(=O)O)c2)N2CCC3(CC2)NC(=O)NC3=O)cc1. The van der Waals surface area contributed by atoms with Gasteiger partial charge < -0.3 is 15.2 Å². The molecule has 0 aliphatic carbocycles. The fourth-order valence-corrected chi connectivity index (χ4v) is 5.79. The molecular weight excluding hydrogens is 458 g/mol. The van der Waals surface area contributed by atoms with E-state index >= 15 is 0 Å². The van der Waals surface area contributed by atoms with Gasteiger partial charge in [0.05, 0.1) is 12.7 Å². The van der Waals surface area contributed by atoms with Crippen LogP contribution < -0.4 is 15.4 Å². The number of methoxy groups -OCH3 is 1. The number of hydrogen-bond acceptors (Lipinski definition) is 5. The van der Waals surface area contributed by atoms with Gasteiger partial charge in [0.25, 0.3) is 5.91 Å². The summed E-state index contributed by atoms with van der Waals surface area (Å²) in [6.07, 6.45) is 3.42. The van der Waals surface area contributed by atoms with Gasteiger partial charge in [-0.15, -0.1) is 0 Å². The zero-order chi connectivity index (χ0) is 25.9. The van der Waals surface area contributed by atoms with Gasteiger partial charge in [0, 0.05) is 18.6 Å². The molecule has 4 rings (SSSR count). The van der Waals surface area contributed by atoms with Crippen LogP contribution >= 0.6 is 0 Å². The third-order valence-electron chi connectivity index (χ3n) is 7.62. The predicted molar refractivity (Wildman–Crippen MR) is 136 cm³/mol. The summed E-state index contributed by atoms with van der Waals surface area (Å²) in [5.74, 6) is -0.0552. The van der Waals surface area contributed by atoms with Gasteiger partial charge in [0.1, 0.15) is 11.3 Å². The van der Waals surface area contributed by atoms with Crippen LogP contribution in [0.25, 0.3) is 0 Å². The number of nitrogens with one attached hydrogen (secondary N) is 2. The number of likely N-dealkylation sites (tertiary alicyclic amines) is 1. The quantitative estimate of drug-likeness (QED) is 0.457. The van der Waals surface area contributed by atoms with Crippen molar-refractivity contribution in [3.05, 3.63) is 65.2 Å². The van der Waals surface area contributed by atoms with Crippen LogP contribution in [-0.2, 0) is 16.8 Å². The monoisotopic (exact) mass is 493 g/mol. The average Bonchev–Trinajstić information content (AvgIpc) is 3.14. The summed E-state index contributed by atoms with van der Waals surface area (Å²) in [5, 5.41) is 14.9. The van der Waals surface area contributed by atoms with E-state index in [0.717, 1.165) is 30.6 Å². The Morgan fingerprint density at radius 2 is 1.83 bits per heavy atom. The molecule has 2 fully saturated rings. The number of benzene rings is 2. The first kappa shape index (κ1) is 25.7. The summed E-state index contributed by atoms with van der Waals surface area (Å²) in [7, 11) is 1.65. The second-order valence-electron chi connectivity index (χ2n) is 10.3. The number of urea groups is 1. The molecule has 1 atom stereocenters. The highest BCUT2D eigenvalue weighted by Crippen LogP contribution is 2.43. The number of nitrogens with zero attached hydrogens (tertiary/aromatic N) is 1. The Labute approximate surface area is 212 Å². The van der Waals surface area contributed by atoms with Crippen LogP contribution in [0.15, 0.2) is 48.5 Å². The molecule has 0 bridgehead atoms. The van der Waals surface area contributed by atoms with Crippen molar-refractivity contribution in [3.8, 4) is 5.75 Å². The number of aromatic carboxylic acids is 1. The van der Waals surface area contributed by atoms with E-state index in [1.807, 2.05) is 24.3 Å². The first-order valence-electron chi connectivity index (χ1n) is 12.5. The topological polar surface area (TPSA) is 108 Å². The first-order chi connectivity index (χ1) is 17.2. The molecule has 1 spiro atoms. The van der Waals surface area contributed by atoms with Crippen molar-refractivity contribution in [1.29, 1.82) is 0 Å². The van der Waals surface area contributed by atoms with Gasteiger partial charge in [0.2, 0.25) is 0 Å². The number of piperidine rings is 1. The van der Waals surface area contributed by atoms with Crippen molar-refractivity contribution in [1.82, 2.24) is 15.5 Å². The Morgan fingerprint density at radius 3 is 2.39 bits per heavy atom. The average molecular weight is 494 g/mol. The zero-order valence-corrected chi connectivity index (χ0v) is 21.2. The molecule has 3 N–H and O–H groups in total. The molecule has 0 saturated carbocycles. The van der Waals surface area contributed by atoms with Crippen molar-refractivity contribution in [2.45, 2.75) is 57.0 Å². The number of ether oxygens (including phenoxy) is 1. The molecule has 2 aliphatic rings. The minimum atomic E-state index is -0.951. The number of carboxylic acids is 1. The number of carboxylic acid groups (broad SMARTS) is 1. The van der Waals surface area contributed by atoms with E-state index < -0.39 is 23.1 Å². The molecule has 0 aromatic heterocycles. The van der Waals surface area contributed by atoms with Crippen LogP contribution in [0.4, 0.5) is 4.79 Å². The highest BCUT2D eigenvalue weighted by molar-refractivity contribution is 6.07. The Balaban J connectivity index is 1.70. The number of imide groups is 1. The molecule has 36 heavy (non-hydrogen) atoms. The van der Waals surface area contributed by atoms with Crippen molar-refractivity contribution in [3.63, 3.8) is 0 Å². The van der Waals surface area contributed by atoms with E-state index in [1.54, 1.807) is 19.2 Å². The van der Waals surface area contributed by atoms with Gasteiger partial charge in [-0.2, -0.15) is 0 Å². The largest absolute Gasteiger partial charge is 0.497 e. The van der Waals surface area contributed by atoms with Crippen LogP contribution in [0.2, 0.25) is 0 Å². The minimum absolute atomic E-state index is 0.257. The molecular formula is C28H35N3O5. The molecule has 0 radical (unpaired) electrons. The van der Waals surface area contributed by atoms with Gasteiger partial charge in [-0.25, -0.2) is 9.59 Å². The van der Waals surface area contributed by atoms with E-state index in [4.69, 9.17) is 4.74 Å². The van der Waals surface area contributed by atoms with Crippen LogP contribution in [-0.4, -0.2) is 53.7 Å². The van der Waals surface area contributed by atoms with Crippen molar-refractivity contribution in [2.75, 3.05) is 20.2 Å². The number of aryl methyl sites for hydroxylation is 1. The fourth-order valence-electron chi connectivity index (χ4n) is 5.79. The Morgan fingerprint density at radius 1 is 1.14 bits per heavy atom. The first-order valence-corrected chi connectivity index (χ1v) is 12.5. The van der Waals surface area contributed by atoms with E-state index in [9.17, 15) is 19.5 Å². The maximum atomic E-state index is 12.6. The van der Waals surface area contributed by atoms with Crippen LogP contribution in [0.1, 0.15) is 61.0 Å². The lowest BCUT2D eigenvalue weighted by Crippen LogP contribution is -2.59. The Hall–Kier alpha value is -3.39. The summed E-state index contributed by atoms with van der Waals surface area (Å²) in [5.41, 5.74) is 1.12. The van der Waals surface area contributed by atoms with Gasteiger partial charge in [0.15, 0.2) is 0 Å². The predicted octanol–water partition coefficient (Wildman–Crippen LogP) is 3.94. The number of hydrogen-bond donors (Lipinski definition) is 3. The lowest BCUT2D eigenvalue weighted by atomic mass is 9.74. The maximum absolute atomic E-state index is 12.6. The minimum Gasteiger partial charge on any atom is -0.497 e. The maximum Gasteiger partial charge on any atom is 0.335 e. The summed E-state index contributed by atoms with van der Waals surface area (Å²) in [6.45, 7) is 5.58. The molecule has 2 heterocycles. The van der Waals surface area contributed by atoms with E-state index in [0.29, 0.717) is 31.8 Å². The molecule has 2 aliphatic heterocycles. The van der Waals surface area contributed by atoms with Gasteiger partial charge >= 0.3 is 12.0 Å². The van der Waals surface area contributed by atoms with Gasteiger partial charge in [-0.1, -0.05) is 38.1 Å². The number of rotatable bonds is 9. The van der Waals surface area contributed by atoms with Crippen LogP contribution in [0, 0.1) is 5.92 Å². The number of amides is 3. The Kier molecular flexibility index (Phi) is 7.36. The molecule has 8 nitrogen and oxygen atoms in total. The summed E-state index contributed by atoms with van der Waals surface area (Å²) in [6, 6.07) is 14.9. The highest BCUT2D eigenvalue weighted by Gasteiger charge is 2.51. The number of carbonyl (C=O) groups excluding carboxylic acids is 2. The third-order valence-corrected chi connectivity index (χ3v) is 7.62. The van der Waals surface area contributed by atoms with Crippen molar-refractivity contribution >= 4 is 17.9 Å². The van der Waals surface area contributed by atoms with Crippen LogP contribution in [0.3, 0.4) is 0 Å². The fraction of sp³-hybridized carbons (Fsp3) is 0.464. The molecule has 8 heteroatoms. The second kappa shape index (κ2) is 10.3. The lowest BCUT2D eigenvalue weighted by molar-refractivity contribution is -0.126. The van der Waals surface area contributed by atoms with Crippen LogP contribution in [0.5, 0.6) is 5.75 Å². The lowest BCUT2D eigenvalue weighted by Gasteiger charge is -2.50. The normalized spacial score (nSPS) is 19.1. The molecule has 192 valence electrons. The van der Waals surface area contributed by atoms with E-state index in [1.165, 1.54) is 5.56 Å². The zero-order valence-electron chi connectivity index (χ0n) is 21.2. The Bertz CT molecular complexity index is 1120. The molecule has 2 aromatic rings. The molecule has 2 aromatic carbocycles. The van der Waals surface area contributed by atoms with E-state index in [2.05, 4.69) is 41.5 Å². The van der Waals surface area contributed by atoms with Crippen molar-refractivity contribution < 1.29 is 24.2 Å². The van der Waals surface area contributed by atoms with E-state index in [-0.39, 0.29) is 11.5 Å².